The van der Waals surface area contributed by atoms with Crippen molar-refractivity contribution in [3.63, 3.8) is 0 Å². The Labute approximate surface area is 134 Å². The Morgan fingerprint density at radius 1 is 1.23 bits per heavy atom. The van der Waals surface area contributed by atoms with Gasteiger partial charge >= 0.3 is 0 Å². The Morgan fingerprint density at radius 3 is 2.73 bits per heavy atom. The zero-order valence-corrected chi connectivity index (χ0v) is 13.1. The van der Waals surface area contributed by atoms with E-state index in [2.05, 4.69) is 16.2 Å². The first-order valence-electron chi connectivity index (χ1n) is 7.72. The summed E-state index contributed by atoms with van der Waals surface area (Å²) in [7, 11) is 0. The number of anilines is 1. The molecule has 0 heterocycles. The number of amides is 1. The van der Waals surface area contributed by atoms with Crippen molar-refractivity contribution >= 4 is 28.9 Å². The molecule has 1 aromatic rings. The van der Waals surface area contributed by atoms with E-state index in [0.29, 0.717) is 12.3 Å². The number of carbonyl (C=O) groups excluding carboxylic acids is 1. The first-order valence-corrected chi connectivity index (χ1v) is 8.13. The fourth-order valence-electron chi connectivity index (χ4n) is 3.76. The van der Waals surface area contributed by atoms with E-state index in [1.807, 2.05) is 0 Å². The fraction of sp³-hybridized carbons (Fsp3) is 0.500. The van der Waals surface area contributed by atoms with E-state index in [1.54, 1.807) is 18.2 Å². The number of hydrogen-bond acceptors (Lipinski definition) is 2. The number of carbonyl (C=O) groups is 1. The first kappa shape index (κ1) is 15.2. The van der Waals surface area contributed by atoms with Gasteiger partial charge in [0, 0.05) is 6.42 Å². The minimum atomic E-state index is -0.389. The second-order valence-corrected chi connectivity index (χ2v) is 6.65. The van der Waals surface area contributed by atoms with Crippen molar-refractivity contribution in [1.29, 1.82) is 0 Å². The van der Waals surface area contributed by atoms with Crippen molar-refractivity contribution in [3.05, 3.63) is 30.1 Å². The lowest BCUT2D eigenvalue weighted by molar-refractivity contribution is -0.122. The standard InChI is InChI=1S/C16H20FN3OS/c17-13-3-1-2-4-14(13)18-16(22)20-19-15(21)9-12-8-10-5-6-11(12)7-10/h1-4,10-12H,5-9H2,(H,19,21)(H2,18,20,22)/t10-,11+,12+/m0/s1. The molecule has 2 saturated carbocycles. The summed E-state index contributed by atoms with van der Waals surface area (Å²) in [6, 6.07) is 6.24. The monoisotopic (exact) mass is 321 g/mol. The van der Waals surface area contributed by atoms with E-state index in [1.165, 1.54) is 31.7 Å². The zero-order valence-electron chi connectivity index (χ0n) is 12.3. The second-order valence-electron chi connectivity index (χ2n) is 6.25. The van der Waals surface area contributed by atoms with Gasteiger partial charge in [-0.05, 0) is 61.4 Å². The molecule has 2 aliphatic rings. The highest BCUT2D eigenvalue weighted by Gasteiger charge is 2.40. The third-order valence-electron chi connectivity index (χ3n) is 4.77. The third-order valence-corrected chi connectivity index (χ3v) is 4.97. The molecule has 1 amide bonds. The minimum absolute atomic E-state index is 0.0600. The zero-order chi connectivity index (χ0) is 15.5. The highest BCUT2D eigenvalue weighted by atomic mass is 32.1. The molecule has 4 nitrogen and oxygen atoms in total. The van der Waals surface area contributed by atoms with Crippen LogP contribution in [0.15, 0.2) is 24.3 Å². The van der Waals surface area contributed by atoms with Gasteiger partial charge in [0.05, 0.1) is 5.69 Å². The smallest absolute Gasteiger partial charge is 0.238 e. The average Bonchev–Trinajstić information content (AvgIpc) is 3.10. The molecule has 0 aromatic heterocycles. The van der Waals surface area contributed by atoms with Crippen LogP contribution < -0.4 is 16.2 Å². The minimum Gasteiger partial charge on any atom is -0.329 e. The molecule has 3 N–H and O–H groups in total. The molecule has 118 valence electrons. The molecule has 1 aromatic carbocycles. The van der Waals surface area contributed by atoms with Gasteiger partial charge in [0.1, 0.15) is 5.82 Å². The summed E-state index contributed by atoms with van der Waals surface area (Å²) in [5.74, 6) is 1.61. The number of thiocarbonyl (C=S) groups is 1. The number of hydrazine groups is 1. The molecule has 22 heavy (non-hydrogen) atoms. The van der Waals surface area contributed by atoms with Gasteiger partial charge in [-0.3, -0.25) is 15.6 Å². The SMILES string of the molecule is O=C(C[C@H]1C[C@H]2CC[C@@H]1C2)NNC(=S)Nc1ccccc1F. The molecule has 0 aliphatic heterocycles. The molecular weight excluding hydrogens is 301 g/mol. The van der Waals surface area contributed by atoms with Crippen LogP contribution in [-0.2, 0) is 4.79 Å². The number of fused-ring (bicyclic) bond motifs is 2. The number of para-hydroxylation sites is 1. The highest BCUT2D eigenvalue weighted by molar-refractivity contribution is 7.80. The van der Waals surface area contributed by atoms with Gasteiger partial charge in [-0.15, -0.1) is 0 Å². The van der Waals surface area contributed by atoms with Crippen molar-refractivity contribution in [2.24, 2.45) is 17.8 Å². The normalized spacial score (nSPS) is 25.8. The summed E-state index contributed by atoms with van der Waals surface area (Å²) in [5, 5.41) is 2.89. The van der Waals surface area contributed by atoms with Gasteiger partial charge < -0.3 is 5.32 Å². The van der Waals surface area contributed by atoms with E-state index in [0.717, 1.165) is 11.8 Å². The van der Waals surface area contributed by atoms with Crippen LogP contribution in [0.25, 0.3) is 0 Å². The Hall–Kier alpha value is -1.69. The predicted octanol–water partition coefficient (Wildman–Crippen LogP) is 2.97. The summed E-state index contributed by atoms with van der Waals surface area (Å²) < 4.78 is 13.5. The number of nitrogens with one attached hydrogen (secondary N) is 3. The summed E-state index contributed by atoms with van der Waals surface area (Å²) in [5.41, 5.74) is 5.50. The maximum atomic E-state index is 13.5. The maximum Gasteiger partial charge on any atom is 0.238 e. The largest absolute Gasteiger partial charge is 0.329 e. The molecule has 0 spiro atoms. The lowest BCUT2D eigenvalue weighted by atomic mass is 9.86. The molecule has 2 fully saturated rings. The Balaban J connectivity index is 1.41. The highest BCUT2D eigenvalue weighted by Crippen LogP contribution is 2.49. The topological polar surface area (TPSA) is 53.2 Å². The van der Waals surface area contributed by atoms with Gasteiger partial charge in [-0.1, -0.05) is 18.6 Å². The van der Waals surface area contributed by atoms with Crippen molar-refractivity contribution in [3.8, 4) is 0 Å². The van der Waals surface area contributed by atoms with Crippen LogP contribution in [0, 0.1) is 23.6 Å². The molecule has 0 saturated heterocycles. The van der Waals surface area contributed by atoms with Gasteiger partial charge in [0.25, 0.3) is 0 Å². The van der Waals surface area contributed by atoms with Crippen LogP contribution in [0.4, 0.5) is 10.1 Å². The molecule has 2 aliphatic carbocycles. The lowest BCUT2D eigenvalue weighted by Gasteiger charge is -2.21. The molecular formula is C16H20FN3OS. The van der Waals surface area contributed by atoms with Crippen LogP contribution in [0.2, 0.25) is 0 Å². The fourth-order valence-corrected chi connectivity index (χ4v) is 3.92. The number of hydrogen-bond donors (Lipinski definition) is 3. The quantitative estimate of drug-likeness (QED) is 0.592. The number of rotatable bonds is 3. The summed E-state index contributed by atoms with van der Waals surface area (Å²) in [6.07, 6.45) is 5.60. The van der Waals surface area contributed by atoms with Crippen molar-refractivity contribution in [1.82, 2.24) is 10.9 Å². The van der Waals surface area contributed by atoms with E-state index in [9.17, 15) is 9.18 Å². The van der Waals surface area contributed by atoms with E-state index in [-0.39, 0.29) is 22.5 Å². The van der Waals surface area contributed by atoms with Gasteiger partial charge in [0.2, 0.25) is 5.91 Å². The Morgan fingerprint density at radius 2 is 2.05 bits per heavy atom. The van der Waals surface area contributed by atoms with Crippen molar-refractivity contribution in [2.45, 2.75) is 32.1 Å². The first-order chi connectivity index (χ1) is 10.6. The summed E-state index contributed by atoms with van der Waals surface area (Å²) in [4.78, 5) is 12.0. The van der Waals surface area contributed by atoms with Gasteiger partial charge in [-0.2, -0.15) is 0 Å². The lowest BCUT2D eigenvalue weighted by Crippen LogP contribution is -2.44. The van der Waals surface area contributed by atoms with Gasteiger partial charge in [0.15, 0.2) is 5.11 Å². The third kappa shape index (κ3) is 3.55. The molecule has 0 unspecified atom stereocenters. The maximum absolute atomic E-state index is 13.5. The Bertz CT molecular complexity index is 580. The predicted molar refractivity (Wildman–Crippen MR) is 87.5 cm³/mol. The average molecular weight is 321 g/mol. The summed E-state index contributed by atoms with van der Waals surface area (Å²) in [6.45, 7) is 0. The molecule has 3 atom stereocenters. The second kappa shape index (κ2) is 6.60. The molecule has 2 bridgehead atoms. The van der Waals surface area contributed by atoms with E-state index >= 15 is 0 Å². The number of benzene rings is 1. The Kier molecular flexibility index (Phi) is 4.57. The van der Waals surface area contributed by atoms with E-state index in [4.69, 9.17) is 12.2 Å². The molecule has 3 rings (SSSR count). The van der Waals surface area contributed by atoms with Crippen LogP contribution in [0.5, 0.6) is 0 Å². The number of halogens is 1. The van der Waals surface area contributed by atoms with E-state index < -0.39 is 0 Å². The summed E-state index contributed by atoms with van der Waals surface area (Å²) >= 11 is 5.05. The van der Waals surface area contributed by atoms with Crippen LogP contribution >= 0.6 is 12.2 Å². The van der Waals surface area contributed by atoms with Crippen molar-refractivity contribution < 1.29 is 9.18 Å². The van der Waals surface area contributed by atoms with Crippen molar-refractivity contribution in [2.75, 3.05) is 5.32 Å². The van der Waals surface area contributed by atoms with Gasteiger partial charge in [-0.25, -0.2) is 4.39 Å². The molecule has 0 radical (unpaired) electrons. The van der Waals surface area contributed by atoms with Crippen LogP contribution in [0.1, 0.15) is 32.1 Å². The van der Waals surface area contributed by atoms with Crippen LogP contribution in [-0.4, -0.2) is 11.0 Å². The molecule has 6 heteroatoms. The van der Waals surface area contributed by atoms with Crippen LogP contribution in [0.3, 0.4) is 0 Å².